The lowest BCUT2D eigenvalue weighted by Crippen LogP contribution is -2.47. The Morgan fingerprint density at radius 3 is 2.80 bits per heavy atom. The Bertz CT molecular complexity index is 606. The summed E-state index contributed by atoms with van der Waals surface area (Å²) in [5, 5.41) is 0. The minimum Gasteiger partial charge on any atom is -0.495 e. The molecule has 0 spiro atoms. The third kappa shape index (κ3) is 2.78. The van der Waals surface area contributed by atoms with Crippen LogP contribution in [0.25, 0.3) is 0 Å². The largest absolute Gasteiger partial charge is 0.495 e. The number of sulfonamides is 1. The summed E-state index contributed by atoms with van der Waals surface area (Å²) in [6, 6.07) is 2.76. The quantitative estimate of drug-likeness (QED) is 0.820. The molecule has 1 heterocycles. The number of hydrogen-bond acceptors (Lipinski definition) is 5. The van der Waals surface area contributed by atoms with Crippen LogP contribution in [-0.2, 0) is 14.8 Å². The lowest BCUT2D eigenvalue weighted by atomic mass is 10.3. The highest BCUT2D eigenvalue weighted by atomic mass is 79.9. The molecular weight excluding hydrogens is 348 g/mol. The van der Waals surface area contributed by atoms with Gasteiger partial charge in [-0.3, -0.25) is 0 Å². The van der Waals surface area contributed by atoms with Gasteiger partial charge < -0.3 is 15.2 Å². The van der Waals surface area contributed by atoms with Gasteiger partial charge in [-0.1, -0.05) is 0 Å². The first-order valence-electron chi connectivity index (χ1n) is 6.10. The normalized spacial score (nSPS) is 20.9. The fraction of sp³-hybridized carbons (Fsp3) is 0.500. The van der Waals surface area contributed by atoms with E-state index >= 15 is 0 Å². The summed E-state index contributed by atoms with van der Waals surface area (Å²) in [4.78, 5) is 0.0782. The van der Waals surface area contributed by atoms with Crippen molar-refractivity contribution >= 4 is 31.6 Å². The molecule has 2 rings (SSSR count). The molecule has 0 radical (unpaired) electrons. The molecule has 1 aromatic carbocycles. The molecule has 0 aliphatic carbocycles. The maximum Gasteiger partial charge on any atom is 0.247 e. The number of nitrogens with two attached hydrogens (primary N) is 1. The Morgan fingerprint density at radius 2 is 2.20 bits per heavy atom. The summed E-state index contributed by atoms with van der Waals surface area (Å²) in [5.74, 6) is 0.268. The van der Waals surface area contributed by atoms with E-state index in [2.05, 4.69) is 15.9 Å². The molecule has 1 atom stereocenters. The predicted molar refractivity (Wildman–Crippen MR) is 79.3 cm³/mol. The summed E-state index contributed by atoms with van der Waals surface area (Å²) < 4.78 is 38.0. The fourth-order valence-corrected chi connectivity index (χ4v) is 4.20. The van der Waals surface area contributed by atoms with E-state index in [0.717, 1.165) is 0 Å². The second-order valence-electron chi connectivity index (χ2n) is 4.56. The van der Waals surface area contributed by atoms with Gasteiger partial charge in [0.1, 0.15) is 10.6 Å². The summed E-state index contributed by atoms with van der Waals surface area (Å²) in [5.41, 5.74) is 6.15. The van der Waals surface area contributed by atoms with Gasteiger partial charge in [0.2, 0.25) is 10.0 Å². The minimum atomic E-state index is -3.67. The summed E-state index contributed by atoms with van der Waals surface area (Å²) in [7, 11) is -2.24. The zero-order valence-electron chi connectivity index (χ0n) is 11.3. The Balaban J connectivity index is 2.51. The molecular formula is C12H17BrN2O4S. The highest BCUT2D eigenvalue weighted by molar-refractivity contribution is 9.10. The maximum absolute atomic E-state index is 12.8. The molecule has 20 heavy (non-hydrogen) atoms. The molecule has 1 aliphatic heterocycles. The van der Waals surface area contributed by atoms with Gasteiger partial charge in [-0.15, -0.1) is 0 Å². The van der Waals surface area contributed by atoms with Crippen LogP contribution in [0, 0.1) is 0 Å². The van der Waals surface area contributed by atoms with Gasteiger partial charge in [0, 0.05) is 22.7 Å². The number of halogens is 1. The van der Waals surface area contributed by atoms with Gasteiger partial charge in [0.15, 0.2) is 0 Å². The van der Waals surface area contributed by atoms with Gasteiger partial charge in [0.05, 0.1) is 20.3 Å². The molecule has 0 saturated carbocycles. The number of morpholine rings is 1. The van der Waals surface area contributed by atoms with Gasteiger partial charge in [-0.2, -0.15) is 4.31 Å². The van der Waals surface area contributed by atoms with Crippen LogP contribution in [0.3, 0.4) is 0 Å². The maximum atomic E-state index is 12.8. The first-order chi connectivity index (χ1) is 9.37. The molecule has 1 saturated heterocycles. The summed E-state index contributed by atoms with van der Waals surface area (Å²) in [6.07, 6.45) is 0. The molecule has 1 fully saturated rings. The highest BCUT2D eigenvalue weighted by Crippen LogP contribution is 2.34. The molecule has 1 aromatic rings. The zero-order chi connectivity index (χ0) is 14.9. The first-order valence-corrected chi connectivity index (χ1v) is 8.34. The number of rotatable bonds is 3. The average Bonchev–Trinajstić information content (AvgIpc) is 2.41. The Morgan fingerprint density at radius 1 is 1.50 bits per heavy atom. The van der Waals surface area contributed by atoms with Gasteiger partial charge in [0.25, 0.3) is 0 Å². The molecule has 6 nitrogen and oxygen atoms in total. The van der Waals surface area contributed by atoms with E-state index in [9.17, 15) is 8.42 Å². The lowest BCUT2D eigenvalue weighted by Gasteiger charge is -2.32. The van der Waals surface area contributed by atoms with E-state index in [4.69, 9.17) is 15.2 Å². The number of ether oxygens (including phenoxy) is 2. The predicted octanol–water partition coefficient (Wildman–Crippen LogP) is 1.45. The molecule has 8 heteroatoms. The van der Waals surface area contributed by atoms with Crippen molar-refractivity contribution in [3.8, 4) is 5.75 Å². The monoisotopic (exact) mass is 364 g/mol. The second kappa shape index (κ2) is 5.88. The molecule has 2 N–H and O–H groups in total. The van der Waals surface area contributed by atoms with Crippen LogP contribution in [0.15, 0.2) is 21.5 Å². The van der Waals surface area contributed by atoms with Crippen molar-refractivity contribution in [2.45, 2.75) is 17.9 Å². The Hall–Kier alpha value is -0.830. The van der Waals surface area contributed by atoms with Crippen molar-refractivity contribution in [3.63, 3.8) is 0 Å². The van der Waals surface area contributed by atoms with Crippen molar-refractivity contribution in [1.82, 2.24) is 4.31 Å². The van der Waals surface area contributed by atoms with E-state index in [-0.39, 0.29) is 16.7 Å². The number of nitrogens with zero attached hydrogens (tertiary/aromatic N) is 1. The van der Waals surface area contributed by atoms with Crippen LogP contribution >= 0.6 is 15.9 Å². The van der Waals surface area contributed by atoms with Crippen LogP contribution in [-0.4, -0.2) is 45.6 Å². The number of benzene rings is 1. The topological polar surface area (TPSA) is 81.9 Å². The molecule has 1 aliphatic rings. The molecule has 0 aromatic heterocycles. The smallest absolute Gasteiger partial charge is 0.247 e. The highest BCUT2D eigenvalue weighted by Gasteiger charge is 2.34. The fourth-order valence-electron chi connectivity index (χ4n) is 2.11. The Kier molecular flexibility index (Phi) is 4.58. The third-order valence-corrected chi connectivity index (χ3v) is 5.90. The van der Waals surface area contributed by atoms with Gasteiger partial charge >= 0.3 is 0 Å². The van der Waals surface area contributed by atoms with Crippen molar-refractivity contribution in [1.29, 1.82) is 0 Å². The van der Waals surface area contributed by atoms with Crippen molar-refractivity contribution in [2.75, 3.05) is 32.6 Å². The van der Waals surface area contributed by atoms with Crippen LogP contribution in [0.2, 0.25) is 0 Å². The number of nitrogen functional groups attached to an aromatic ring is 1. The summed E-state index contributed by atoms with van der Waals surface area (Å²) in [6.45, 7) is 2.90. The van der Waals surface area contributed by atoms with E-state index < -0.39 is 10.0 Å². The standard InChI is InChI=1S/C12H17BrN2O4S/c1-8-7-19-4-3-15(8)20(16,17)12-6-10(14)9(13)5-11(12)18-2/h5-6,8H,3-4,7,14H2,1-2H3/t8-/m1/s1. The number of hydrogen-bond donors (Lipinski definition) is 1. The van der Waals surface area contributed by atoms with Crippen LogP contribution in [0.4, 0.5) is 5.69 Å². The SMILES string of the molecule is COc1cc(Br)c(N)cc1S(=O)(=O)N1CCOC[C@H]1C. The minimum absolute atomic E-state index is 0.0782. The molecule has 0 bridgehead atoms. The van der Waals surface area contributed by atoms with E-state index in [1.165, 1.54) is 17.5 Å². The van der Waals surface area contributed by atoms with Crippen molar-refractivity contribution in [2.24, 2.45) is 0 Å². The van der Waals surface area contributed by atoms with Crippen LogP contribution in [0.5, 0.6) is 5.75 Å². The van der Waals surface area contributed by atoms with Crippen LogP contribution < -0.4 is 10.5 Å². The number of methoxy groups -OCH3 is 1. The van der Waals surface area contributed by atoms with E-state index in [0.29, 0.717) is 29.9 Å². The van der Waals surface area contributed by atoms with Gasteiger partial charge in [-0.25, -0.2) is 8.42 Å². The first kappa shape index (κ1) is 15.6. The Labute approximate surface area is 127 Å². The van der Waals surface area contributed by atoms with E-state index in [1.807, 2.05) is 6.92 Å². The van der Waals surface area contributed by atoms with Crippen molar-refractivity contribution < 1.29 is 17.9 Å². The van der Waals surface area contributed by atoms with Crippen LogP contribution in [0.1, 0.15) is 6.92 Å². The zero-order valence-corrected chi connectivity index (χ0v) is 13.7. The molecule has 112 valence electrons. The van der Waals surface area contributed by atoms with Gasteiger partial charge in [-0.05, 0) is 35.0 Å². The van der Waals surface area contributed by atoms with Crippen molar-refractivity contribution in [3.05, 3.63) is 16.6 Å². The molecule has 0 unspecified atom stereocenters. The third-order valence-electron chi connectivity index (χ3n) is 3.18. The molecule has 0 amide bonds. The van der Waals surface area contributed by atoms with E-state index in [1.54, 1.807) is 6.07 Å². The average molecular weight is 365 g/mol. The lowest BCUT2D eigenvalue weighted by molar-refractivity contribution is 0.0392. The second-order valence-corrected chi connectivity index (χ2v) is 7.28. The summed E-state index contributed by atoms with van der Waals surface area (Å²) >= 11 is 3.26. The number of anilines is 1.